The van der Waals surface area contributed by atoms with Crippen LogP contribution in [0, 0.1) is 0 Å². The van der Waals surface area contributed by atoms with Crippen LogP contribution < -0.4 is 5.73 Å². The van der Waals surface area contributed by atoms with Gasteiger partial charge in [-0.1, -0.05) is 0 Å². The van der Waals surface area contributed by atoms with Gasteiger partial charge in [-0.05, 0) is 0 Å². The number of hydrogen-bond donors (Lipinski definition) is 1. The van der Waals surface area contributed by atoms with Crippen LogP contribution in [0.15, 0.2) is 5.16 Å². The molecule has 0 fully saturated rings. The van der Waals surface area contributed by atoms with Crippen molar-refractivity contribution in [3.05, 3.63) is 5.69 Å². The van der Waals surface area contributed by atoms with E-state index in [0.29, 0.717) is 0 Å². The first-order chi connectivity index (χ1) is 6.79. The van der Waals surface area contributed by atoms with Gasteiger partial charge in [-0.25, -0.2) is 18.2 Å². The van der Waals surface area contributed by atoms with E-state index >= 15 is 0 Å². The maximum absolute atomic E-state index is 11.2. The van der Waals surface area contributed by atoms with Crippen molar-refractivity contribution < 1.29 is 17.9 Å². The SMILES string of the molecule is COC(=O)c1nc(S(C)(=O)=O)n(C)c1N. The van der Waals surface area contributed by atoms with Gasteiger partial charge >= 0.3 is 5.97 Å². The van der Waals surface area contributed by atoms with Gasteiger partial charge in [-0.3, -0.25) is 0 Å². The number of nitrogens with zero attached hydrogens (tertiary/aromatic N) is 2. The Morgan fingerprint density at radius 3 is 2.40 bits per heavy atom. The number of nitrogens with two attached hydrogens (primary N) is 1. The van der Waals surface area contributed by atoms with Gasteiger partial charge in [0.25, 0.3) is 0 Å². The summed E-state index contributed by atoms with van der Waals surface area (Å²) in [4.78, 5) is 14.8. The van der Waals surface area contributed by atoms with Crippen LogP contribution in [0.25, 0.3) is 0 Å². The zero-order valence-electron chi connectivity index (χ0n) is 8.51. The summed E-state index contributed by atoms with van der Waals surface area (Å²) in [6.45, 7) is 0. The molecule has 0 aliphatic heterocycles. The number of imidazole rings is 1. The fraction of sp³-hybridized carbons (Fsp3) is 0.429. The highest BCUT2D eigenvalue weighted by atomic mass is 32.2. The van der Waals surface area contributed by atoms with E-state index in [1.165, 1.54) is 7.05 Å². The molecular weight excluding hydrogens is 222 g/mol. The molecule has 0 saturated heterocycles. The second kappa shape index (κ2) is 3.54. The van der Waals surface area contributed by atoms with E-state index in [-0.39, 0.29) is 16.7 Å². The van der Waals surface area contributed by atoms with Gasteiger partial charge in [0.1, 0.15) is 5.82 Å². The topological polar surface area (TPSA) is 104 Å². The van der Waals surface area contributed by atoms with Gasteiger partial charge in [0.15, 0.2) is 5.69 Å². The van der Waals surface area contributed by atoms with Gasteiger partial charge in [-0.15, -0.1) is 0 Å². The molecule has 0 aromatic carbocycles. The number of sulfone groups is 1. The fourth-order valence-electron chi connectivity index (χ4n) is 1.07. The lowest BCUT2D eigenvalue weighted by atomic mass is 10.4. The molecule has 0 radical (unpaired) electrons. The molecule has 0 atom stereocenters. The van der Waals surface area contributed by atoms with Gasteiger partial charge < -0.3 is 15.0 Å². The summed E-state index contributed by atoms with van der Waals surface area (Å²) in [5.74, 6) is -0.805. The Hall–Kier alpha value is -1.57. The zero-order chi connectivity index (χ0) is 11.8. The van der Waals surface area contributed by atoms with Crippen molar-refractivity contribution >= 4 is 21.6 Å². The molecule has 1 rings (SSSR count). The van der Waals surface area contributed by atoms with Crippen LogP contribution in [0.2, 0.25) is 0 Å². The first-order valence-corrected chi connectivity index (χ1v) is 5.78. The average molecular weight is 233 g/mol. The van der Waals surface area contributed by atoms with Crippen molar-refractivity contribution in [3.63, 3.8) is 0 Å². The maximum Gasteiger partial charge on any atom is 0.360 e. The molecule has 0 bridgehead atoms. The minimum atomic E-state index is -3.51. The standard InChI is InChI=1S/C7H11N3O4S/c1-10-5(8)4(6(11)14-2)9-7(10)15(3,12)13/h8H2,1-3H3. The summed E-state index contributed by atoms with van der Waals surface area (Å²) in [7, 11) is -0.942. The van der Waals surface area contributed by atoms with Crippen LogP contribution in [-0.4, -0.2) is 37.3 Å². The van der Waals surface area contributed by atoms with Crippen LogP contribution >= 0.6 is 0 Å². The maximum atomic E-state index is 11.2. The Morgan fingerprint density at radius 2 is 2.07 bits per heavy atom. The summed E-state index contributed by atoms with van der Waals surface area (Å²) >= 11 is 0. The van der Waals surface area contributed by atoms with Gasteiger partial charge in [0.05, 0.1) is 7.11 Å². The lowest BCUT2D eigenvalue weighted by Gasteiger charge is -1.99. The summed E-state index contributed by atoms with van der Waals surface area (Å²) in [5, 5.41) is -0.264. The minimum Gasteiger partial charge on any atom is -0.464 e. The number of carbonyl (C=O) groups excluding carboxylic acids is 1. The van der Waals surface area contributed by atoms with Crippen molar-refractivity contribution in [2.24, 2.45) is 7.05 Å². The highest BCUT2D eigenvalue weighted by Crippen LogP contribution is 2.17. The van der Waals surface area contributed by atoms with Crippen LogP contribution in [0.3, 0.4) is 0 Å². The second-order valence-corrected chi connectivity index (χ2v) is 4.86. The lowest BCUT2D eigenvalue weighted by molar-refractivity contribution is 0.0595. The normalized spacial score (nSPS) is 11.4. The average Bonchev–Trinajstić information content (AvgIpc) is 2.42. The smallest absolute Gasteiger partial charge is 0.360 e. The van der Waals surface area contributed by atoms with Crippen molar-refractivity contribution in [1.82, 2.24) is 9.55 Å². The largest absolute Gasteiger partial charge is 0.464 e. The third-order valence-corrected chi connectivity index (χ3v) is 2.84. The highest BCUT2D eigenvalue weighted by Gasteiger charge is 2.24. The van der Waals surface area contributed by atoms with E-state index in [9.17, 15) is 13.2 Å². The highest BCUT2D eigenvalue weighted by molar-refractivity contribution is 7.90. The first-order valence-electron chi connectivity index (χ1n) is 3.89. The van der Waals surface area contributed by atoms with Crippen molar-refractivity contribution in [2.75, 3.05) is 19.1 Å². The molecule has 1 aromatic heterocycles. The van der Waals surface area contributed by atoms with E-state index in [1.807, 2.05) is 0 Å². The van der Waals surface area contributed by atoms with Crippen LogP contribution in [-0.2, 0) is 21.6 Å². The third kappa shape index (κ3) is 1.94. The molecule has 8 heteroatoms. The van der Waals surface area contributed by atoms with Crippen molar-refractivity contribution in [2.45, 2.75) is 5.16 Å². The van der Waals surface area contributed by atoms with E-state index in [2.05, 4.69) is 9.72 Å². The number of rotatable bonds is 2. The quantitative estimate of drug-likeness (QED) is 0.670. The van der Waals surface area contributed by atoms with E-state index in [1.54, 1.807) is 0 Å². The number of aromatic nitrogens is 2. The second-order valence-electron chi connectivity index (χ2n) is 2.95. The molecular formula is C7H11N3O4S. The number of ether oxygens (including phenoxy) is 1. The zero-order valence-corrected chi connectivity index (χ0v) is 9.33. The van der Waals surface area contributed by atoms with Gasteiger partial charge in [-0.2, -0.15) is 0 Å². The summed E-state index contributed by atoms with van der Waals surface area (Å²) in [6, 6.07) is 0. The van der Waals surface area contributed by atoms with Crippen LogP contribution in [0.5, 0.6) is 0 Å². The predicted octanol–water partition coefficient (Wildman–Crippen LogP) is -0.808. The minimum absolute atomic E-state index is 0.0396. The molecule has 0 saturated carbocycles. The molecule has 0 spiro atoms. The molecule has 0 aliphatic rings. The molecule has 1 aromatic rings. The molecule has 15 heavy (non-hydrogen) atoms. The number of hydrogen-bond acceptors (Lipinski definition) is 6. The van der Waals surface area contributed by atoms with Crippen LogP contribution in [0.1, 0.15) is 10.5 Å². The Bertz CT molecular complexity index is 503. The molecule has 0 unspecified atom stereocenters. The van der Waals surface area contributed by atoms with Crippen molar-refractivity contribution in [3.8, 4) is 0 Å². The third-order valence-electron chi connectivity index (χ3n) is 1.81. The Balaban J connectivity index is 3.44. The van der Waals surface area contributed by atoms with Gasteiger partial charge in [0, 0.05) is 13.3 Å². The Labute approximate surface area is 86.8 Å². The number of esters is 1. The van der Waals surface area contributed by atoms with Crippen LogP contribution in [0.4, 0.5) is 5.82 Å². The number of carbonyl (C=O) groups is 1. The molecule has 0 aliphatic carbocycles. The predicted molar refractivity (Wildman–Crippen MR) is 52.1 cm³/mol. The Morgan fingerprint density at radius 1 is 1.53 bits per heavy atom. The summed E-state index contributed by atoms with van der Waals surface area (Å²) in [5.41, 5.74) is 5.32. The number of methoxy groups -OCH3 is 1. The number of anilines is 1. The molecule has 84 valence electrons. The molecule has 0 amide bonds. The molecule has 7 nitrogen and oxygen atoms in total. The summed E-state index contributed by atoms with van der Waals surface area (Å²) < 4.78 is 28.0. The number of nitrogen functional groups attached to an aromatic ring is 1. The Kier molecular flexibility index (Phi) is 2.71. The molecule has 1 heterocycles. The fourth-order valence-corrected chi connectivity index (χ4v) is 1.92. The first kappa shape index (κ1) is 11.5. The van der Waals surface area contributed by atoms with E-state index < -0.39 is 15.8 Å². The van der Waals surface area contributed by atoms with Gasteiger partial charge in [0.2, 0.25) is 15.0 Å². The monoisotopic (exact) mass is 233 g/mol. The van der Waals surface area contributed by atoms with E-state index in [4.69, 9.17) is 5.73 Å². The van der Waals surface area contributed by atoms with Crippen molar-refractivity contribution in [1.29, 1.82) is 0 Å². The summed E-state index contributed by atoms with van der Waals surface area (Å²) in [6.07, 6.45) is 0.982. The van der Waals surface area contributed by atoms with E-state index in [0.717, 1.165) is 17.9 Å². The molecule has 2 N–H and O–H groups in total. The lowest BCUT2D eigenvalue weighted by Crippen LogP contribution is -2.07.